The zero-order chi connectivity index (χ0) is 33.2. The predicted molar refractivity (Wildman–Crippen MR) is 185 cm³/mol. The van der Waals surface area contributed by atoms with Crippen molar-refractivity contribution in [2.45, 2.75) is 69.0 Å². The molecule has 0 aliphatic heterocycles. The fourth-order valence-electron chi connectivity index (χ4n) is 6.18. The van der Waals surface area contributed by atoms with Gasteiger partial charge in [0, 0.05) is 19.0 Å². The Bertz CT molecular complexity index is 1740. The summed E-state index contributed by atoms with van der Waals surface area (Å²) in [5.41, 5.74) is 2.88. The van der Waals surface area contributed by atoms with Crippen LogP contribution in [0.25, 0.3) is 0 Å². The molecule has 0 bridgehead atoms. The van der Waals surface area contributed by atoms with Crippen LogP contribution in [0.15, 0.2) is 114 Å². The van der Waals surface area contributed by atoms with Crippen molar-refractivity contribution in [1.29, 1.82) is 0 Å². The number of rotatable bonds is 14. The van der Waals surface area contributed by atoms with Crippen LogP contribution in [0.2, 0.25) is 0 Å². The van der Waals surface area contributed by atoms with Gasteiger partial charge >= 0.3 is 0 Å². The largest absolute Gasteiger partial charge is 0.497 e. The van der Waals surface area contributed by atoms with Crippen LogP contribution in [-0.4, -0.2) is 50.9 Å². The highest BCUT2D eigenvalue weighted by Crippen LogP contribution is 2.29. The lowest BCUT2D eigenvalue weighted by Crippen LogP contribution is -2.54. The van der Waals surface area contributed by atoms with Gasteiger partial charge in [0.15, 0.2) is 0 Å². The number of methoxy groups -OCH3 is 1. The van der Waals surface area contributed by atoms with Crippen LogP contribution in [0.5, 0.6) is 5.75 Å². The number of amides is 2. The summed E-state index contributed by atoms with van der Waals surface area (Å²) in [7, 11) is -2.58. The van der Waals surface area contributed by atoms with Crippen molar-refractivity contribution in [3.63, 3.8) is 0 Å². The van der Waals surface area contributed by atoms with E-state index in [-0.39, 0.29) is 29.8 Å². The molecule has 0 radical (unpaired) electrons. The van der Waals surface area contributed by atoms with E-state index < -0.39 is 28.5 Å². The first kappa shape index (κ1) is 33.7. The molecular weight excluding hydrogens is 611 g/mol. The molecule has 4 aromatic rings. The lowest BCUT2D eigenvalue weighted by atomic mass is 10.0. The Morgan fingerprint density at radius 3 is 2.17 bits per heavy atom. The molecule has 47 heavy (non-hydrogen) atoms. The van der Waals surface area contributed by atoms with Crippen molar-refractivity contribution in [3.05, 3.63) is 126 Å². The van der Waals surface area contributed by atoms with Crippen LogP contribution in [0.1, 0.15) is 49.3 Å². The number of sulfonamides is 1. The van der Waals surface area contributed by atoms with Crippen LogP contribution in [0, 0.1) is 0 Å². The van der Waals surface area contributed by atoms with Gasteiger partial charge < -0.3 is 15.0 Å². The maximum Gasteiger partial charge on any atom is 0.264 e. The third-order valence-electron chi connectivity index (χ3n) is 8.71. The second-order valence-corrected chi connectivity index (χ2v) is 13.7. The number of ether oxygens (including phenoxy) is 1. The predicted octanol–water partition coefficient (Wildman–Crippen LogP) is 6.15. The van der Waals surface area contributed by atoms with E-state index in [1.165, 1.54) is 21.3 Å². The second kappa shape index (κ2) is 15.8. The van der Waals surface area contributed by atoms with Gasteiger partial charge in [-0.1, -0.05) is 98.6 Å². The molecule has 246 valence electrons. The van der Waals surface area contributed by atoms with Gasteiger partial charge in [-0.2, -0.15) is 0 Å². The van der Waals surface area contributed by atoms with E-state index in [4.69, 9.17) is 4.74 Å². The van der Waals surface area contributed by atoms with Gasteiger partial charge in [-0.05, 0) is 66.3 Å². The normalized spacial score (nSPS) is 13.9. The molecule has 9 heteroatoms. The van der Waals surface area contributed by atoms with E-state index >= 15 is 0 Å². The minimum atomic E-state index is -4.16. The average Bonchev–Trinajstić information content (AvgIpc) is 3.62. The highest BCUT2D eigenvalue weighted by Gasteiger charge is 2.36. The number of hydrogen-bond acceptors (Lipinski definition) is 5. The first-order chi connectivity index (χ1) is 22.8. The first-order valence-electron chi connectivity index (χ1n) is 16.2. The number of anilines is 1. The molecule has 0 spiro atoms. The number of aryl methyl sites for hydroxylation is 1. The van der Waals surface area contributed by atoms with Crippen LogP contribution >= 0.6 is 0 Å². The van der Waals surface area contributed by atoms with Gasteiger partial charge in [-0.15, -0.1) is 0 Å². The molecule has 8 nitrogen and oxygen atoms in total. The summed E-state index contributed by atoms with van der Waals surface area (Å²) in [5.74, 6) is -0.112. The third-order valence-corrected chi connectivity index (χ3v) is 10.5. The molecular formula is C38H43N3O5S. The number of carbonyl (C=O) groups excluding carboxylic acids is 2. The standard InChI is InChI=1S/C38H43N3O5S/c1-3-31-18-10-13-24-35(31)41(47(44,45)34-22-8-5-9-23-34)28-37(42)40(27-30-17-14-21-33(25-30)46-2)36(26-29-15-6-4-7-16-29)38(43)39-32-19-11-12-20-32/h4-10,13-18,21-25,32,36H,3,11-12,19-20,26-28H2,1-2H3,(H,39,43). The van der Waals surface area contributed by atoms with E-state index in [0.717, 1.165) is 42.4 Å². The lowest BCUT2D eigenvalue weighted by Gasteiger charge is -2.34. The van der Waals surface area contributed by atoms with E-state index in [1.807, 2.05) is 73.7 Å². The Morgan fingerprint density at radius 1 is 0.851 bits per heavy atom. The number of para-hydroxylation sites is 1. The number of nitrogens with zero attached hydrogens (tertiary/aromatic N) is 2. The van der Waals surface area contributed by atoms with E-state index in [9.17, 15) is 18.0 Å². The summed E-state index contributed by atoms with van der Waals surface area (Å²) in [6.07, 6.45) is 4.72. The molecule has 1 atom stereocenters. The zero-order valence-corrected chi connectivity index (χ0v) is 27.9. The highest BCUT2D eigenvalue weighted by molar-refractivity contribution is 7.92. The Morgan fingerprint density at radius 2 is 1.49 bits per heavy atom. The van der Waals surface area contributed by atoms with Gasteiger partial charge in [-0.3, -0.25) is 13.9 Å². The number of hydrogen-bond donors (Lipinski definition) is 1. The summed E-state index contributed by atoms with van der Waals surface area (Å²) in [6.45, 7) is 1.55. The number of nitrogens with one attached hydrogen (secondary N) is 1. The van der Waals surface area contributed by atoms with Gasteiger partial charge in [0.1, 0.15) is 18.3 Å². The van der Waals surface area contributed by atoms with Gasteiger partial charge in [-0.25, -0.2) is 8.42 Å². The molecule has 0 heterocycles. The van der Waals surface area contributed by atoms with Crippen molar-refractivity contribution >= 4 is 27.5 Å². The minimum absolute atomic E-state index is 0.0425. The molecule has 2 amide bonds. The monoisotopic (exact) mass is 653 g/mol. The van der Waals surface area contributed by atoms with Gasteiger partial charge in [0.25, 0.3) is 10.0 Å². The number of carbonyl (C=O) groups is 2. The maximum absolute atomic E-state index is 14.7. The van der Waals surface area contributed by atoms with Crippen LogP contribution in [-0.2, 0) is 39.0 Å². The Kier molecular flexibility index (Phi) is 11.3. The van der Waals surface area contributed by atoms with Gasteiger partial charge in [0.05, 0.1) is 17.7 Å². The fraction of sp³-hybridized carbons (Fsp3) is 0.316. The average molecular weight is 654 g/mol. The smallest absolute Gasteiger partial charge is 0.264 e. The molecule has 0 aromatic heterocycles. The zero-order valence-electron chi connectivity index (χ0n) is 27.0. The summed E-state index contributed by atoms with van der Waals surface area (Å²) in [4.78, 5) is 30.5. The molecule has 5 rings (SSSR count). The quantitative estimate of drug-likeness (QED) is 0.176. The SMILES string of the molecule is CCc1ccccc1N(CC(=O)N(Cc1cccc(OC)c1)C(Cc1ccccc1)C(=O)NC1CCCC1)S(=O)(=O)c1ccccc1. The second-order valence-electron chi connectivity index (χ2n) is 11.9. The molecule has 0 saturated heterocycles. The minimum Gasteiger partial charge on any atom is -0.497 e. The van der Waals surface area contributed by atoms with E-state index in [0.29, 0.717) is 17.9 Å². The number of benzene rings is 4. The molecule has 1 saturated carbocycles. The van der Waals surface area contributed by atoms with E-state index in [2.05, 4.69) is 5.32 Å². The first-order valence-corrected chi connectivity index (χ1v) is 17.7. The topological polar surface area (TPSA) is 96.0 Å². The van der Waals surface area contributed by atoms with Crippen LogP contribution < -0.4 is 14.4 Å². The van der Waals surface area contributed by atoms with Crippen molar-refractivity contribution in [2.75, 3.05) is 18.0 Å². The van der Waals surface area contributed by atoms with Crippen molar-refractivity contribution in [3.8, 4) is 5.75 Å². The Hall–Kier alpha value is -4.63. The summed E-state index contributed by atoms with van der Waals surface area (Å²) >= 11 is 0. The van der Waals surface area contributed by atoms with Crippen LogP contribution in [0.4, 0.5) is 5.69 Å². The molecule has 1 aliphatic rings. The summed E-state index contributed by atoms with van der Waals surface area (Å²) in [6, 6.07) is 31.5. The molecule has 1 fully saturated rings. The van der Waals surface area contributed by atoms with Crippen molar-refractivity contribution < 1.29 is 22.7 Å². The molecule has 1 N–H and O–H groups in total. The molecule has 1 aliphatic carbocycles. The lowest BCUT2D eigenvalue weighted by molar-refractivity contribution is -0.140. The maximum atomic E-state index is 14.7. The Balaban J connectivity index is 1.59. The molecule has 1 unspecified atom stereocenters. The van der Waals surface area contributed by atoms with Crippen molar-refractivity contribution in [2.24, 2.45) is 0 Å². The van der Waals surface area contributed by atoms with E-state index in [1.54, 1.807) is 37.4 Å². The highest BCUT2D eigenvalue weighted by atomic mass is 32.2. The third kappa shape index (κ3) is 8.40. The fourth-order valence-corrected chi connectivity index (χ4v) is 7.65. The van der Waals surface area contributed by atoms with Gasteiger partial charge in [0.2, 0.25) is 11.8 Å². The molecule has 4 aromatic carbocycles. The summed E-state index contributed by atoms with van der Waals surface area (Å²) in [5, 5.41) is 3.21. The Labute approximate surface area is 278 Å². The summed E-state index contributed by atoms with van der Waals surface area (Å²) < 4.78 is 35.2. The van der Waals surface area contributed by atoms with Crippen molar-refractivity contribution in [1.82, 2.24) is 10.2 Å². The van der Waals surface area contributed by atoms with Crippen LogP contribution in [0.3, 0.4) is 0 Å².